The van der Waals surface area contributed by atoms with Gasteiger partial charge in [-0.05, 0) is 0 Å². The van der Waals surface area contributed by atoms with Crippen LogP contribution in [0.2, 0.25) is 0 Å². The van der Waals surface area contributed by atoms with Gasteiger partial charge < -0.3 is 5.48 Å². The lowest BCUT2D eigenvalue weighted by Gasteiger charge is -0.412. The quantitative estimate of drug-likeness (QED) is 0.441. The largest absolute Gasteiger partial charge is 1.00 e. The molecule has 0 aromatic heterocycles. The lowest BCUT2D eigenvalue weighted by Crippen LogP contribution is -0.289. The molecule has 0 aromatic carbocycles. The molecule has 0 aromatic rings. The highest BCUT2D eigenvalue weighted by molar-refractivity contribution is 2.51. The first kappa shape index (κ1) is 680000. The van der Waals surface area contributed by atoms with Crippen LogP contribution in [0.1, 0.15) is 80.0 Å². The fourth-order valence-corrected chi connectivity index (χ4v) is 0. The maximum atomic E-state index is 0. The molecule has 0 amide bonds. The van der Waals surface area contributed by atoms with Gasteiger partial charge in [0.1, 0.15) is 0 Å². The van der Waals surface area contributed by atoms with E-state index in [0.29, 0.717) is 0 Å². The molecule has 0 saturated heterocycles. The van der Waals surface area contributed by atoms with Crippen LogP contribution in [-0.2, 0) is 0 Å². The average molecular weight is 182 g/mol. The molecule has 0 heterocycles. The summed E-state index contributed by atoms with van der Waals surface area (Å²) in [4.78, 5) is 0. The van der Waals surface area contributed by atoms with Crippen LogP contribution in [0.25, 0.3) is 0 Å². The predicted molar refractivity (Wildman–Crippen MR) is 75.4 cm³/mol. The molecule has 0 aliphatic carbocycles. The van der Waals surface area contributed by atoms with E-state index in [1.165, 1.54) is 0 Å². The van der Waals surface area contributed by atoms with Gasteiger partial charge in [0.05, 0.1) is 0 Å². The molecule has 0 spiro atoms. The predicted octanol–water partition coefficient (Wildman–Crippen LogP) is 5.99. The molecular weight excluding hydrogens is 136 g/mol. The summed E-state index contributed by atoms with van der Waals surface area (Å²) in [5, 5.41) is 0. The SMILES string of the molecule is C.C.C.C.C.C.C.C.C.C.O.[H+].[H+].[H+].[H+]. The van der Waals surface area contributed by atoms with E-state index in [4.69, 9.17) is 0 Å². The lowest BCUT2D eigenvalue weighted by atomic mass is 12.0. The number of hydrogen-bond donors (Lipinski definition) is 0. The second-order valence-corrected chi connectivity index (χ2v) is 0. The van der Waals surface area contributed by atoms with E-state index in [9.17, 15) is 0 Å². The third kappa shape index (κ3) is 394000. The minimum absolute atomic E-state index is 0. The summed E-state index contributed by atoms with van der Waals surface area (Å²) in [5.74, 6) is 0. The van der Waals surface area contributed by atoms with Crippen molar-refractivity contribution in [1.29, 1.82) is 0 Å². The van der Waals surface area contributed by atoms with Gasteiger partial charge in [0, 0.05) is 0 Å². The Labute approximate surface area is 86.5 Å². The van der Waals surface area contributed by atoms with Gasteiger partial charge in [0.15, 0.2) is 0 Å². The van der Waals surface area contributed by atoms with Crippen LogP contribution in [-0.4, -0.2) is 5.48 Å². The summed E-state index contributed by atoms with van der Waals surface area (Å²) in [6, 6.07) is 0. The summed E-state index contributed by atoms with van der Waals surface area (Å²) >= 11 is 0. The maximum Gasteiger partial charge on any atom is 1.00 e. The molecular formula is C10H46O+4. The van der Waals surface area contributed by atoms with Crippen LogP contribution in [0.3, 0.4) is 0 Å². The molecule has 0 atom stereocenters. The minimum atomic E-state index is 0. The molecule has 0 aliphatic heterocycles. The molecule has 0 aliphatic rings. The molecule has 0 saturated carbocycles. The molecule has 0 rings (SSSR count). The van der Waals surface area contributed by atoms with E-state index in [-0.39, 0.29) is 85.4 Å². The topological polar surface area (TPSA) is 31.5 Å². The third-order valence-corrected chi connectivity index (χ3v) is 0. The van der Waals surface area contributed by atoms with E-state index in [1.54, 1.807) is 0 Å². The maximum absolute atomic E-state index is 0. The molecule has 0 radical (unpaired) electrons. The van der Waals surface area contributed by atoms with Gasteiger partial charge in [-0.15, -0.1) is 0 Å². The highest BCUT2D eigenvalue weighted by atomic mass is 16.0. The second-order valence-electron chi connectivity index (χ2n) is 0. The van der Waals surface area contributed by atoms with Gasteiger partial charge >= 0.3 is 5.71 Å². The fraction of sp³-hybridized carbons (Fsp3) is 1.00. The van der Waals surface area contributed by atoms with Gasteiger partial charge in [0.25, 0.3) is 0 Å². The van der Waals surface area contributed by atoms with E-state index in [0.717, 1.165) is 0 Å². The molecule has 11 heavy (non-hydrogen) atoms. The molecule has 1 nitrogen and oxygen atoms in total. The monoisotopic (exact) mass is 182 g/mol. The normalized spacial score (nSPS) is 0. The summed E-state index contributed by atoms with van der Waals surface area (Å²) in [6.45, 7) is 0. The minimum Gasteiger partial charge on any atom is -0.412 e. The first-order valence-corrected chi connectivity index (χ1v) is 0. The van der Waals surface area contributed by atoms with Gasteiger partial charge in [-0.3, -0.25) is 0 Å². The van der Waals surface area contributed by atoms with Crippen molar-refractivity contribution in [2.75, 3.05) is 0 Å². The summed E-state index contributed by atoms with van der Waals surface area (Å²) < 4.78 is 0. The Morgan fingerprint density at radius 3 is 0.273 bits per heavy atom. The van der Waals surface area contributed by atoms with Crippen molar-refractivity contribution >= 4 is 0 Å². The Morgan fingerprint density at radius 1 is 0.273 bits per heavy atom. The summed E-state index contributed by atoms with van der Waals surface area (Å²) in [7, 11) is 0. The van der Waals surface area contributed by atoms with Crippen molar-refractivity contribution in [2.45, 2.75) is 74.3 Å². The van der Waals surface area contributed by atoms with Crippen LogP contribution in [0.5, 0.6) is 0 Å². The fourth-order valence-electron chi connectivity index (χ4n) is 0. The van der Waals surface area contributed by atoms with E-state index >= 15 is 0 Å². The Kier molecular flexibility index (Phi) is 30900000000. The highest BCUT2D eigenvalue weighted by Crippen LogP contribution is 0.153. The van der Waals surface area contributed by atoms with Crippen LogP contribution in [0.4, 0.5) is 0 Å². The standard InChI is InChI=1S/10CH4.H2O/h10*1H4;1H2/p+4. The number of rotatable bonds is 0. The van der Waals surface area contributed by atoms with Crippen molar-refractivity contribution < 1.29 is 11.2 Å². The van der Waals surface area contributed by atoms with Crippen LogP contribution >= 0.6 is 0 Å². The smallest absolute Gasteiger partial charge is 0.412 e. The average Bonchev–Trinajstić information content (AvgIpc) is 0. The Bertz CT molecular complexity index is 17.4. The molecule has 0 bridgehead atoms. The number of hydrogen-bond acceptors (Lipinski definition) is 0. The third-order valence-electron chi connectivity index (χ3n) is 0. The van der Waals surface area contributed by atoms with E-state index in [2.05, 4.69) is 0 Å². The zero-order chi connectivity index (χ0) is 0. The Balaban J connectivity index is 0. The van der Waals surface area contributed by atoms with Gasteiger partial charge in [0.2, 0.25) is 0 Å². The van der Waals surface area contributed by atoms with Crippen molar-refractivity contribution in [3.63, 3.8) is 0 Å². The highest BCUT2D eigenvalue weighted by Gasteiger charge is -0.0685. The van der Waals surface area contributed by atoms with Crippen LogP contribution in [0.15, 0.2) is 0 Å². The van der Waals surface area contributed by atoms with Gasteiger partial charge in [-0.1, -0.05) is 74.3 Å². The van der Waals surface area contributed by atoms with Gasteiger partial charge in [-0.2, -0.15) is 0 Å². The molecule has 2 N–H and O–H groups in total. The molecule has 0 fully saturated rings. The van der Waals surface area contributed by atoms with Crippen LogP contribution in [0, 0.1) is 0 Å². The first-order valence-electron chi connectivity index (χ1n) is 0. The Morgan fingerprint density at radius 2 is 0.273 bits per heavy atom. The second kappa shape index (κ2) is 500000. The van der Waals surface area contributed by atoms with Crippen LogP contribution < -0.4 is 0 Å². The van der Waals surface area contributed by atoms with Crippen molar-refractivity contribution in [3.8, 4) is 0 Å². The summed E-state index contributed by atoms with van der Waals surface area (Å²) in [5.41, 5.74) is 0. The first-order chi connectivity index (χ1) is 0. The zero-order valence-electron chi connectivity index (χ0n) is 4.50. The Hall–Kier alpha value is -0.0400. The lowest BCUT2D eigenvalue weighted by molar-refractivity contribution is 0.824. The molecule has 0 unspecified atom stereocenters. The van der Waals surface area contributed by atoms with Crippen molar-refractivity contribution in [1.82, 2.24) is 0 Å². The molecule has 1 heteroatoms. The molecule has 88 valence electrons. The van der Waals surface area contributed by atoms with Crippen molar-refractivity contribution in [2.24, 2.45) is 0 Å². The zero-order valence-corrected chi connectivity index (χ0v) is 0.500. The summed E-state index contributed by atoms with van der Waals surface area (Å²) in [6.07, 6.45) is 0. The van der Waals surface area contributed by atoms with Gasteiger partial charge in [-0.25, -0.2) is 0 Å². The van der Waals surface area contributed by atoms with Crippen molar-refractivity contribution in [3.05, 3.63) is 0 Å². The van der Waals surface area contributed by atoms with E-state index in [1.807, 2.05) is 0 Å². The van der Waals surface area contributed by atoms with E-state index < -0.39 is 0 Å².